The number of carbonyl (C=O) groups excluding carboxylic acids is 1. The summed E-state index contributed by atoms with van der Waals surface area (Å²) in [5.74, 6) is 6.65. The highest BCUT2D eigenvalue weighted by Crippen LogP contribution is 2.29. The number of nitro groups is 1. The summed E-state index contributed by atoms with van der Waals surface area (Å²) < 4.78 is 0. The van der Waals surface area contributed by atoms with Crippen LogP contribution >= 0.6 is 11.8 Å². The third kappa shape index (κ3) is 2.79. The van der Waals surface area contributed by atoms with Crippen LogP contribution in [-0.4, -0.2) is 40.3 Å². The second-order valence-electron chi connectivity index (χ2n) is 4.01. The Labute approximate surface area is 114 Å². The van der Waals surface area contributed by atoms with E-state index in [4.69, 9.17) is 5.84 Å². The number of nitrogens with zero attached hydrogens (tertiary/aromatic N) is 2. The number of hydrogen-bond donors (Lipinski definition) is 2. The molecule has 1 aliphatic rings. The van der Waals surface area contributed by atoms with Gasteiger partial charge >= 0.3 is 5.69 Å². The van der Waals surface area contributed by atoms with Gasteiger partial charge in [-0.1, -0.05) is 6.07 Å². The van der Waals surface area contributed by atoms with E-state index in [-0.39, 0.29) is 22.8 Å². The maximum absolute atomic E-state index is 12.3. The van der Waals surface area contributed by atoms with E-state index in [0.29, 0.717) is 13.1 Å². The number of para-hydroxylation sites is 1. The third-order valence-corrected chi connectivity index (χ3v) is 3.85. The predicted molar refractivity (Wildman–Crippen MR) is 74.1 cm³/mol. The van der Waals surface area contributed by atoms with Gasteiger partial charge in [0, 0.05) is 24.6 Å². The number of nitrogen functional groups attached to an aromatic ring is 1. The average molecular weight is 282 g/mol. The average Bonchev–Trinajstić information content (AvgIpc) is 2.46. The van der Waals surface area contributed by atoms with Gasteiger partial charge in [0.2, 0.25) is 0 Å². The van der Waals surface area contributed by atoms with E-state index in [2.05, 4.69) is 5.43 Å². The predicted octanol–water partition coefficient (Wildman–Crippen LogP) is 1.07. The van der Waals surface area contributed by atoms with Gasteiger partial charge in [-0.2, -0.15) is 11.8 Å². The van der Waals surface area contributed by atoms with E-state index in [1.54, 1.807) is 22.7 Å². The molecule has 0 unspecified atom stereocenters. The lowest BCUT2D eigenvalue weighted by molar-refractivity contribution is -0.384. The Morgan fingerprint density at radius 3 is 2.68 bits per heavy atom. The van der Waals surface area contributed by atoms with E-state index in [1.165, 1.54) is 12.1 Å². The summed E-state index contributed by atoms with van der Waals surface area (Å²) in [7, 11) is 0. The fraction of sp³-hybridized carbons (Fsp3) is 0.364. The van der Waals surface area contributed by atoms with Crippen molar-refractivity contribution in [2.24, 2.45) is 5.84 Å². The maximum atomic E-state index is 12.3. The van der Waals surface area contributed by atoms with Crippen LogP contribution in [0.3, 0.4) is 0 Å². The number of nitro benzene ring substituents is 1. The zero-order chi connectivity index (χ0) is 13.8. The van der Waals surface area contributed by atoms with Gasteiger partial charge in [-0.25, -0.2) is 0 Å². The van der Waals surface area contributed by atoms with Crippen molar-refractivity contribution in [3.63, 3.8) is 0 Å². The summed E-state index contributed by atoms with van der Waals surface area (Å²) in [5.41, 5.74) is 2.21. The van der Waals surface area contributed by atoms with E-state index in [1.807, 2.05) is 0 Å². The molecule has 1 amide bonds. The fourth-order valence-electron chi connectivity index (χ4n) is 1.97. The summed E-state index contributed by atoms with van der Waals surface area (Å²) >= 11 is 1.77. The summed E-state index contributed by atoms with van der Waals surface area (Å²) in [5, 5.41) is 11.1. The first-order valence-corrected chi connectivity index (χ1v) is 6.91. The number of rotatable bonds is 3. The molecule has 0 spiro atoms. The number of anilines is 1. The number of benzene rings is 1. The Morgan fingerprint density at radius 1 is 1.42 bits per heavy atom. The summed E-state index contributed by atoms with van der Waals surface area (Å²) in [4.78, 5) is 24.5. The minimum Gasteiger partial charge on any atom is -0.337 e. The Kier molecular flexibility index (Phi) is 4.23. The van der Waals surface area contributed by atoms with Crippen LogP contribution in [0.5, 0.6) is 0 Å². The molecule has 7 nitrogen and oxygen atoms in total. The fourth-order valence-corrected chi connectivity index (χ4v) is 2.87. The van der Waals surface area contributed by atoms with Crippen LogP contribution in [0.15, 0.2) is 18.2 Å². The second kappa shape index (κ2) is 5.89. The molecule has 1 heterocycles. The number of thioether (sulfide) groups is 1. The van der Waals surface area contributed by atoms with Crippen LogP contribution in [0.25, 0.3) is 0 Å². The molecular weight excluding hydrogens is 268 g/mol. The SMILES string of the molecule is NNc1cccc(C(=O)N2CCSCC2)c1[N+](=O)[O-]. The number of nitrogens with one attached hydrogen (secondary N) is 1. The van der Waals surface area contributed by atoms with Crippen molar-refractivity contribution in [1.82, 2.24) is 4.90 Å². The van der Waals surface area contributed by atoms with Gasteiger partial charge < -0.3 is 10.3 Å². The number of nitrogens with two attached hydrogens (primary N) is 1. The summed E-state index contributed by atoms with van der Waals surface area (Å²) in [6.07, 6.45) is 0. The maximum Gasteiger partial charge on any atom is 0.306 e. The molecule has 1 aromatic rings. The van der Waals surface area contributed by atoms with Gasteiger partial charge in [-0.15, -0.1) is 0 Å². The Balaban J connectivity index is 2.37. The molecule has 1 aliphatic heterocycles. The molecule has 1 saturated heterocycles. The normalized spacial score (nSPS) is 15.1. The Bertz CT molecular complexity index is 503. The molecule has 8 heteroatoms. The van der Waals surface area contributed by atoms with E-state index in [9.17, 15) is 14.9 Å². The molecule has 0 saturated carbocycles. The van der Waals surface area contributed by atoms with Crippen molar-refractivity contribution in [2.75, 3.05) is 30.0 Å². The number of hydrazine groups is 1. The molecule has 0 aromatic heterocycles. The lowest BCUT2D eigenvalue weighted by Crippen LogP contribution is -2.38. The monoisotopic (exact) mass is 282 g/mol. The molecule has 0 bridgehead atoms. The van der Waals surface area contributed by atoms with E-state index >= 15 is 0 Å². The highest BCUT2D eigenvalue weighted by atomic mass is 32.2. The zero-order valence-corrected chi connectivity index (χ0v) is 11.0. The molecule has 2 rings (SSSR count). The molecule has 102 valence electrons. The van der Waals surface area contributed by atoms with E-state index in [0.717, 1.165) is 11.5 Å². The van der Waals surface area contributed by atoms with Crippen molar-refractivity contribution < 1.29 is 9.72 Å². The minimum atomic E-state index is -0.582. The number of carbonyl (C=O) groups is 1. The number of hydrogen-bond acceptors (Lipinski definition) is 6. The molecule has 0 aliphatic carbocycles. The molecule has 0 atom stereocenters. The minimum absolute atomic E-state index is 0.0763. The van der Waals surface area contributed by atoms with Gasteiger partial charge in [0.15, 0.2) is 0 Å². The largest absolute Gasteiger partial charge is 0.337 e. The van der Waals surface area contributed by atoms with Crippen LogP contribution in [0.2, 0.25) is 0 Å². The first kappa shape index (κ1) is 13.6. The number of amides is 1. The van der Waals surface area contributed by atoms with E-state index < -0.39 is 4.92 Å². The van der Waals surface area contributed by atoms with Crippen LogP contribution in [0.4, 0.5) is 11.4 Å². The highest BCUT2D eigenvalue weighted by molar-refractivity contribution is 7.99. The highest BCUT2D eigenvalue weighted by Gasteiger charge is 2.28. The molecule has 1 aromatic carbocycles. The zero-order valence-electron chi connectivity index (χ0n) is 10.2. The van der Waals surface area contributed by atoms with Crippen molar-refractivity contribution in [3.05, 3.63) is 33.9 Å². The van der Waals surface area contributed by atoms with Gasteiger partial charge in [0.05, 0.1) is 4.92 Å². The Morgan fingerprint density at radius 2 is 2.11 bits per heavy atom. The molecule has 0 radical (unpaired) electrons. The lowest BCUT2D eigenvalue weighted by Gasteiger charge is -2.26. The smallest absolute Gasteiger partial charge is 0.306 e. The molecule has 3 N–H and O–H groups in total. The van der Waals surface area contributed by atoms with Crippen molar-refractivity contribution in [1.29, 1.82) is 0 Å². The molecule has 1 fully saturated rings. The standard InChI is InChI=1S/C11H14N4O3S/c12-13-9-3-1-2-8(10(9)15(17)18)11(16)14-4-6-19-7-5-14/h1-3,13H,4-7,12H2. The Hall–Kier alpha value is -1.80. The van der Waals surface area contributed by atoms with Gasteiger partial charge in [0.1, 0.15) is 11.3 Å². The second-order valence-corrected chi connectivity index (χ2v) is 5.23. The first-order valence-electron chi connectivity index (χ1n) is 5.76. The summed E-state index contributed by atoms with van der Waals surface area (Å²) in [6.45, 7) is 1.22. The van der Waals surface area contributed by atoms with Crippen LogP contribution in [0, 0.1) is 10.1 Å². The third-order valence-electron chi connectivity index (χ3n) is 2.90. The molecular formula is C11H14N4O3S. The van der Waals surface area contributed by atoms with Crippen LogP contribution < -0.4 is 11.3 Å². The van der Waals surface area contributed by atoms with Crippen molar-refractivity contribution in [3.8, 4) is 0 Å². The lowest BCUT2D eigenvalue weighted by atomic mass is 10.1. The van der Waals surface area contributed by atoms with Crippen molar-refractivity contribution in [2.45, 2.75) is 0 Å². The van der Waals surface area contributed by atoms with Gasteiger partial charge in [0.25, 0.3) is 5.91 Å². The summed E-state index contributed by atoms with van der Waals surface area (Å²) in [6, 6.07) is 4.51. The first-order chi connectivity index (χ1) is 9.15. The van der Waals surface area contributed by atoms with Gasteiger partial charge in [-0.05, 0) is 12.1 Å². The topological polar surface area (TPSA) is 102 Å². The van der Waals surface area contributed by atoms with Crippen LogP contribution in [0.1, 0.15) is 10.4 Å². The van der Waals surface area contributed by atoms with Gasteiger partial charge in [-0.3, -0.25) is 20.8 Å². The molecule has 19 heavy (non-hydrogen) atoms. The quantitative estimate of drug-likeness (QED) is 0.488. The van der Waals surface area contributed by atoms with Crippen molar-refractivity contribution >= 4 is 29.0 Å². The van der Waals surface area contributed by atoms with Crippen LogP contribution in [-0.2, 0) is 0 Å².